The molecule has 0 fully saturated rings. The minimum atomic E-state index is -0.918. The van der Waals surface area contributed by atoms with Crippen molar-refractivity contribution in [3.8, 4) is 11.4 Å². The second-order valence-electron chi connectivity index (χ2n) is 8.56. The largest absolute Gasteiger partial charge is 0.349 e. The van der Waals surface area contributed by atoms with Gasteiger partial charge in [0, 0.05) is 12.0 Å². The number of urea groups is 1. The summed E-state index contributed by atoms with van der Waals surface area (Å²) < 4.78 is 5.38. The Labute approximate surface area is 171 Å². The first-order valence-electron chi connectivity index (χ1n) is 9.81. The van der Waals surface area contributed by atoms with Crippen molar-refractivity contribution < 1.29 is 19.3 Å². The summed E-state index contributed by atoms with van der Waals surface area (Å²) in [6.07, 6.45) is 1.55. The van der Waals surface area contributed by atoms with Crippen LogP contribution in [0, 0.1) is 11.3 Å². The predicted molar refractivity (Wildman–Crippen MR) is 108 cm³/mol. The van der Waals surface area contributed by atoms with Crippen molar-refractivity contribution >= 4 is 11.9 Å². The molecular formula is C21H30N4O4. The van der Waals surface area contributed by atoms with Gasteiger partial charge in [-0.25, -0.2) is 4.79 Å². The maximum atomic E-state index is 12.4. The standard InChI is InChI=1S/C21H30N4O4/c1-14(2)10-9-13-16(26)25(28)20(27)22-17(21(3,4)5)19-23-18(24-29-19)15-11-7-6-8-12-15/h6-8,11-12,14,17,28H,9-10,13H2,1-5H3,(H,22,27)/t17-/m1/s1. The maximum Gasteiger partial charge on any atom is 0.349 e. The second kappa shape index (κ2) is 9.65. The molecule has 0 saturated carbocycles. The van der Waals surface area contributed by atoms with Crippen molar-refractivity contribution in [2.75, 3.05) is 0 Å². The first-order valence-corrected chi connectivity index (χ1v) is 9.81. The molecule has 2 rings (SSSR count). The molecular weight excluding hydrogens is 372 g/mol. The summed E-state index contributed by atoms with van der Waals surface area (Å²) in [5.41, 5.74) is 0.281. The zero-order chi connectivity index (χ0) is 21.6. The summed E-state index contributed by atoms with van der Waals surface area (Å²) in [5.74, 6) is 0.400. The van der Waals surface area contributed by atoms with E-state index in [4.69, 9.17) is 4.52 Å². The van der Waals surface area contributed by atoms with Crippen molar-refractivity contribution in [1.29, 1.82) is 0 Å². The Morgan fingerprint density at radius 2 is 1.86 bits per heavy atom. The molecule has 158 valence electrons. The molecule has 0 aliphatic rings. The number of aromatic nitrogens is 2. The molecule has 0 aliphatic heterocycles. The molecule has 0 bridgehead atoms. The molecule has 8 heteroatoms. The number of imide groups is 1. The van der Waals surface area contributed by atoms with Crippen LogP contribution >= 0.6 is 0 Å². The molecule has 1 aromatic heterocycles. The molecule has 8 nitrogen and oxygen atoms in total. The highest BCUT2D eigenvalue weighted by molar-refractivity contribution is 5.92. The maximum absolute atomic E-state index is 12.4. The van der Waals surface area contributed by atoms with Crippen LogP contribution in [0.4, 0.5) is 4.79 Å². The van der Waals surface area contributed by atoms with Crippen molar-refractivity contribution in [3.05, 3.63) is 36.2 Å². The van der Waals surface area contributed by atoms with E-state index in [-0.39, 0.29) is 17.4 Å². The topological polar surface area (TPSA) is 109 Å². The quantitative estimate of drug-likeness (QED) is 0.518. The summed E-state index contributed by atoms with van der Waals surface area (Å²) >= 11 is 0. The number of hydrogen-bond donors (Lipinski definition) is 2. The molecule has 0 saturated heterocycles. The fourth-order valence-corrected chi connectivity index (χ4v) is 2.77. The fraction of sp³-hybridized carbons (Fsp3) is 0.524. The van der Waals surface area contributed by atoms with Gasteiger partial charge in [-0.3, -0.25) is 10.0 Å². The summed E-state index contributed by atoms with van der Waals surface area (Å²) in [5, 5.41) is 16.8. The average molecular weight is 402 g/mol. The molecule has 1 atom stereocenters. The molecule has 2 N–H and O–H groups in total. The molecule has 1 aromatic carbocycles. The van der Waals surface area contributed by atoms with Crippen LogP contribution in [-0.4, -0.2) is 32.3 Å². The minimum Gasteiger partial charge on any atom is -0.337 e. The van der Waals surface area contributed by atoms with Crippen LogP contribution in [-0.2, 0) is 4.79 Å². The highest BCUT2D eigenvalue weighted by atomic mass is 16.5. The number of rotatable bonds is 7. The Bertz CT molecular complexity index is 812. The third-order valence-electron chi connectivity index (χ3n) is 4.46. The van der Waals surface area contributed by atoms with Gasteiger partial charge in [-0.15, -0.1) is 5.06 Å². The molecule has 0 radical (unpaired) electrons. The fourth-order valence-electron chi connectivity index (χ4n) is 2.77. The van der Waals surface area contributed by atoms with E-state index in [0.29, 0.717) is 18.2 Å². The number of hydrogen-bond acceptors (Lipinski definition) is 6. The number of carbonyl (C=O) groups is 2. The van der Waals surface area contributed by atoms with Gasteiger partial charge in [0.2, 0.25) is 11.7 Å². The van der Waals surface area contributed by atoms with Gasteiger partial charge in [0.15, 0.2) is 0 Å². The lowest BCUT2D eigenvalue weighted by atomic mass is 9.86. The Balaban J connectivity index is 2.10. The molecule has 3 amide bonds. The van der Waals surface area contributed by atoms with E-state index in [9.17, 15) is 14.8 Å². The molecule has 0 aliphatic carbocycles. The van der Waals surface area contributed by atoms with E-state index in [1.54, 1.807) is 0 Å². The minimum absolute atomic E-state index is 0.0982. The Hall–Kier alpha value is -2.74. The third-order valence-corrected chi connectivity index (χ3v) is 4.46. The normalized spacial score (nSPS) is 12.7. The monoisotopic (exact) mass is 402 g/mol. The number of amides is 3. The zero-order valence-corrected chi connectivity index (χ0v) is 17.7. The van der Waals surface area contributed by atoms with Gasteiger partial charge < -0.3 is 9.84 Å². The van der Waals surface area contributed by atoms with Crippen molar-refractivity contribution in [2.45, 2.75) is 59.9 Å². The smallest absolute Gasteiger partial charge is 0.337 e. The van der Waals surface area contributed by atoms with Crippen LogP contribution in [0.15, 0.2) is 34.9 Å². The molecule has 2 aromatic rings. The number of carbonyl (C=O) groups excluding carboxylic acids is 2. The van der Waals surface area contributed by atoms with Gasteiger partial charge in [-0.05, 0) is 17.8 Å². The van der Waals surface area contributed by atoms with Gasteiger partial charge in [0.25, 0.3) is 5.91 Å². The van der Waals surface area contributed by atoms with E-state index in [1.807, 2.05) is 51.1 Å². The number of hydroxylamine groups is 2. The van der Waals surface area contributed by atoms with Crippen molar-refractivity contribution in [1.82, 2.24) is 20.5 Å². The summed E-state index contributed by atoms with van der Waals surface area (Å²) in [4.78, 5) is 28.9. The van der Waals surface area contributed by atoms with Gasteiger partial charge in [-0.1, -0.05) is 76.5 Å². The Morgan fingerprint density at radius 1 is 1.21 bits per heavy atom. The van der Waals surface area contributed by atoms with Crippen LogP contribution in [0.1, 0.15) is 65.8 Å². The van der Waals surface area contributed by atoms with Gasteiger partial charge in [-0.2, -0.15) is 4.98 Å². The van der Waals surface area contributed by atoms with Crippen molar-refractivity contribution in [3.63, 3.8) is 0 Å². The van der Waals surface area contributed by atoms with Crippen LogP contribution in [0.3, 0.4) is 0 Å². The Kier molecular flexibility index (Phi) is 7.50. The van der Waals surface area contributed by atoms with Gasteiger partial charge in [0.05, 0.1) is 0 Å². The highest BCUT2D eigenvalue weighted by Gasteiger charge is 2.35. The third kappa shape index (κ3) is 6.39. The van der Waals surface area contributed by atoms with Crippen LogP contribution in [0.25, 0.3) is 11.4 Å². The molecule has 29 heavy (non-hydrogen) atoms. The van der Waals surface area contributed by atoms with Crippen LogP contribution < -0.4 is 5.32 Å². The lowest BCUT2D eigenvalue weighted by Gasteiger charge is -2.29. The van der Waals surface area contributed by atoms with E-state index in [2.05, 4.69) is 29.3 Å². The number of benzene rings is 1. The summed E-state index contributed by atoms with van der Waals surface area (Å²) in [6, 6.07) is 7.70. The predicted octanol–water partition coefficient (Wildman–Crippen LogP) is 4.58. The van der Waals surface area contributed by atoms with Gasteiger partial charge >= 0.3 is 6.03 Å². The van der Waals surface area contributed by atoms with E-state index in [1.165, 1.54) is 0 Å². The zero-order valence-electron chi connectivity index (χ0n) is 17.7. The summed E-state index contributed by atoms with van der Waals surface area (Å²) in [6.45, 7) is 9.76. The van der Waals surface area contributed by atoms with E-state index >= 15 is 0 Å². The van der Waals surface area contributed by atoms with Crippen LogP contribution in [0.5, 0.6) is 0 Å². The number of nitrogens with zero attached hydrogens (tertiary/aromatic N) is 3. The van der Waals surface area contributed by atoms with Crippen LogP contribution in [0.2, 0.25) is 0 Å². The molecule has 1 heterocycles. The Morgan fingerprint density at radius 3 is 2.45 bits per heavy atom. The SMILES string of the molecule is CC(C)CCCC(=O)N(O)C(=O)N[C@H](c1nc(-c2ccccc2)no1)C(C)(C)C. The van der Waals surface area contributed by atoms with E-state index in [0.717, 1.165) is 12.0 Å². The lowest BCUT2D eigenvalue weighted by molar-refractivity contribution is -0.153. The lowest BCUT2D eigenvalue weighted by Crippen LogP contribution is -2.46. The highest BCUT2D eigenvalue weighted by Crippen LogP contribution is 2.33. The second-order valence-corrected chi connectivity index (χ2v) is 8.56. The summed E-state index contributed by atoms with van der Waals surface area (Å²) in [7, 11) is 0. The first kappa shape index (κ1) is 22.5. The average Bonchev–Trinajstić information content (AvgIpc) is 3.14. The van der Waals surface area contributed by atoms with E-state index < -0.39 is 23.4 Å². The molecule has 0 unspecified atom stereocenters. The molecule has 0 spiro atoms. The number of nitrogens with one attached hydrogen (secondary N) is 1. The first-order chi connectivity index (χ1) is 13.6. The van der Waals surface area contributed by atoms with Crippen molar-refractivity contribution in [2.24, 2.45) is 11.3 Å². The van der Waals surface area contributed by atoms with Gasteiger partial charge in [0.1, 0.15) is 6.04 Å².